The maximum atomic E-state index is 13.4. The normalized spacial score (nSPS) is 21.9. The van der Waals surface area contributed by atoms with Crippen molar-refractivity contribution in [2.45, 2.75) is 19.4 Å². The van der Waals surface area contributed by atoms with Crippen LogP contribution in [0.15, 0.2) is 18.2 Å². The minimum absolute atomic E-state index is 0.0181. The second-order valence-electron chi connectivity index (χ2n) is 4.91. The van der Waals surface area contributed by atoms with Crippen LogP contribution in [0.3, 0.4) is 0 Å². The zero-order valence-corrected chi connectivity index (χ0v) is 11.8. The Kier molecular flexibility index (Phi) is 5.09. The Morgan fingerprint density at radius 2 is 2.30 bits per heavy atom. The summed E-state index contributed by atoms with van der Waals surface area (Å²) in [6.45, 7) is 3.77. The van der Waals surface area contributed by atoms with Gasteiger partial charge in [0, 0.05) is 6.04 Å². The first kappa shape index (κ1) is 14.9. The maximum absolute atomic E-state index is 13.4. The van der Waals surface area contributed by atoms with Crippen LogP contribution in [0.4, 0.5) is 4.39 Å². The van der Waals surface area contributed by atoms with Gasteiger partial charge < -0.3 is 14.8 Å². The highest BCUT2D eigenvalue weighted by molar-refractivity contribution is 6.01. The van der Waals surface area contributed by atoms with Gasteiger partial charge in [-0.3, -0.25) is 4.79 Å². The average molecular weight is 281 g/mol. The standard InChI is InChI=1S/C15H20FNO3/c1-3-6-17-13-9-20-8-12(13)15(18)11-7-10(16)4-5-14(11)19-2/h4-5,7,12-13,17H,3,6,8-9H2,1-2H3. The molecule has 2 unspecified atom stereocenters. The van der Waals surface area contributed by atoms with Gasteiger partial charge in [0.25, 0.3) is 0 Å². The molecular weight excluding hydrogens is 261 g/mol. The number of carbonyl (C=O) groups is 1. The number of hydrogen-bond donors (Lipinski definition) is 1. The smallest absolute Gasteiger partial charge is 0.173 e. The molecule has 1 fully saturated rings. The van der Waals surface area contributed by atoms with Crippen molar-refractivity contribution in [2.24, 2.45) is 5.92 Å². The Bertz CT molecular complexity index is 478. The number of methoxy groups -OCH3 is 1. The molecule has 4 nitrogen and oxygen atoms in total. The third-order valence-electron chi connectivity index (χ3n) is 3.50. The lowest BCUT2D eigenvalue weighted by Gasteiger charge is -2.18. The third kappa shape index (κ3) is 3.16. The predicted molar refractivity (Wildman–Crippen MR) is 73.7 cm³/mol. The van der Waals surface area contributed by atoms with E-state index in [1.54, 1.807) is 0 Å². The van der Waals surface area contributed by atoms with E-state index < -0.39 is 5.82 Å². The Morgan fingerprint density at radius 1 is 1.50 bits per heavy atom. The number of benzene rings is 1. The van der Waals surface area contributed by atoms with Gasteiger partial charge in [-0.15, -0.1) is 0 Å². The molecule has 0 aliphatic carbocycles. The minimum atomic E-state index is -0.439. The van der Waals surface area contributed by atoms with Crippen molar-refractivity contribution in [3.8, 4) is 5.75 Å². The second-order valence-corrected chi connectivity index (χ2v) is 4.91. The molecule has 0 bridgehead atoms. The Morgan fingerprint density at radius 3 is 3.00 bits per heavy atom. The summed E-state index contributed by atoms with van der Waals surface area (Å²) in [6, 6.07) is 3.98. The quantitative estimate of drug-likeness (QED) is 0.811. The van der Waals surface area contributed by atoms with Crippen molar-refractivity contribution in [1.29, 1.82) is 0 Å². The van der Waals surface area contributed by atoms with Crippen molar-refractivity contribution in [3.63, 3.8) is 0 Å². The third-order valence-corrected chi connectivity index (χ3v) is 3.50. The van der Waals surface area contributed by atoms with Crippen LogP contribution in [0.1, 0.15) is 23.7 Å². The van der Waals surface area contributed by atoms with Crippen LogP contribution in [0, 0.1) is 11.7 Å². The van der Waals surface area contributed by atoms with Gasteiger partial charge in [-0.25, -0.2) is 4.39 Å². The molecule has 1 aliphatic rings. The van der Waals surface area contributed by atoms with Crippen LogP contribution in [0.5, 0.6) is 5.75 Å². The number of hydrogen-bond acceptors (Lipinski definition) is 4. The summed E-state index contributed by atoms with van der Waals surface area (Å²) in [6.07, 6.45) is 0.987. The Hall–Kier alpha value is -1.46. The first-order chi connectivity index (χ1) is 9.67. The van der Waals surface area contributed by atoms with Gasteiger partial charge in [-0.05, 0) is 31.2 Å². The molecule has 0 spiro atoms. The fourth-order valence-electron chi connectivity index (χ4n) is 2.42. The van der Waals surface area contributed by atoms with Crippen molar-refractivity contribution in [1.82, 2.24) is 5.32 Å². The van der Waals surface area contributed by atoms with Crippen LogP contribution >= 0.6 is 0 Å². The molecule has 1 N–H and O–H groups in total. The van der Waals surface area contributed by atoms with Gasteiger partial charge in [0.15, 0.2) is 5.78 Å². The summed E-state index contributed by atoms with van der Waals surface area (Å²) in [5.41, 5.74) is 0.284. The second kappa shape index (κ2) is 6.81. The summed E-state index contributed by atoms with van der Waals surface area (Å²) in [5.74, 6) is -0.464. The summed E-state index contributed by atoms with van der Waals surface area (Å²) >= 11 is 0. The summed E-state index contributed by atoms with van der Waals surface area (Å²) in [7, 11) is 1.47. The molecule has 1 aromatic carbocycles. The van der Waals surface area contributed by atoms with Crippen molar-refractivity contribution in [3.05, 3.63) is 29.6 Å². The molecule has 5 heteroatoms. The summed E-state index contributed by atoms with van der Waals surface area (Å²) < 4.78 is 23.9. The number of nitrogens with one attached hydrogen (secondary N) is 1. The van der Waals surface area contributed by atoms with Crippen LogP contribution in [-0.4, -0.2) is 38.7 Å². The Balaban J connectivity index is 2.19. The van der Waals surface area contributed by atoms with E-state index in [1.807, 2.05) is 0 Å². The molecule has 0 radical (unpaired) electrons. The fraction of sp³-hybridized carbons (Fsp3) is 0.533. The van der Waals surface area contributed by atoms with E-state index in [2.05, 4.69) is 12.2 Å². The van der Waals surface area contributed by atoms with Crippen LogP contribution in [0.2, 0.25) is 0 Å². The predicted octanol–water partition coefficient (Wildman–Crippen LogP) is 2.03. The Labute approximate surface area is 118 Å². The lowest BCUT2D eigenvalue weighted by molar-refractivity contribution is 0.0888. The minimum Gasteiger partial charge on any atom is -0.496 e. The van der Waals surface area contributed by atoms with Crippen molar-refractivity contribution >= 4 is 5.78 Å². The molecule has 1 aromatic rings. The first-order valence-electron chi connectivity index (χ1n) is 6.86. The monoisotopic (exact) mass is 281 g/mol. The van der Waals surface area contributed by atoms with Gasteiger partial charge in [0.05, 0.1) is 31.8 Å². The van der Waals surface area contributed by atoms with Crippen molar-refractivity contribution in [2.75, 3.05) is 26.9 Å². The van der Waals surface area contributed by atoms with Crippen molar-refractivity contribution < 1.29 is 18.7 Å². The zero-order valence-electron chi connectivity index (χ0n) is 11.8. The highest BCUT2D eigenvalue weighted by Gasteiger charge is 2.35. The molecule has 1 saturated heterocycles. The van der Waals surface area contributed by atoms with E-state index in [0.717, 1.165) is 13.0 Å². The topological polar surface area (TPSA) is 47.6 Å². The largest absolute Gasteiger partial charge is 0.496 e. The number of rotatable bonds is 6. The number of ketones is 1. The molecule has 20 heavy (non-hydrogen) atoms. The van der Waals surface area contributed by atoms with E-state index in [4.69, 9.17) is 9.47 Å². The fourth-order valence-corrected chi connectivity index (χ4v) is 2.42. The molecule has 0 aromatic heterocycles. The summed E-state index contributed by atoms with van der Waals surface area (Å²) in [4.78, 5) is 12.6. The van der Waals surface area contributed by atoms with E-state index in [-0.39, 0.29) is 23.3 Å². The average Bonchev–Trinajstić information content (AvgIpc) is 2.92. The molecule has 2 atom stereocenters. The molecule has 1 heterocycles. The number of ether oxygens (including phenoxy) is 2. The van der Waals surface area contributed by atoms with Gasteiger partial charge in [-0.2, -0.15) is 0 Å². The molecule has 110 valence electrons. The van der Waals surface area contributed by atoms with E-state index >= 15 is 0 Å². The number of Topliss-reactive ketones (excluding diaryl/α,β-unsaturated/α-hetero) is 1. The number of carbonyl (C=O) groups excluding carboxylic acids is 1. The molecule has 0 saturated carbocycles. The van der Waals surface area contributed by atoms with Gasteiger partial charge in [-0.1, -0.05) is 6.92 Å². The highest BCUT2D eigenvalue weighted by Crippen LogP contribution is 2.26. The molecular formula is C15H20FNO3. The summed E-state index contributed by atoms with van der Waals surface area (Å²) in [5, 5.41) is 3.30. The molecule has 1 aliphatic heterocycles. The SMILES string of the molecule is CCCNC1COCC1C(=O)c1cc(F)ccc1OC. The van der Waals surface area contributed by atoms with Crippen LogP contribution in [0.25, 0.3) is 0 Å². The van der Waals surface area contributed by atoms with E-state index in [0.29, 0.717) is 19.0 Å². The first-order valence-corrected chi connectivity index (χ1v) is 6.86. The van der Waals surface area contributed by atoms with Gasteiger partial charge in [0.2, 0.25) is 0 Å². The maximum Gasteiger partial charge on any atom is 0.173 e. The van der Waals surface area contributed by atoms with Crippen LogP contribution < -0.4 is 10.1 Å². The lowest BCUT2D eigenvalue weighted by Crippen LogP contribution is -2.39. The number of halogens is 1. The highest BCUT2D eigenvalue weighted by atomic mass is 19.1. The van der Waals surface area contributed by atoms with Crippen LogP contribution in [-0.2, 0) is 4.74 Å². The molecule has 2 rings (SSSR count). The van der Waals surface area contributed by atoms with E-state index in [1.165, 1.54) is 25.3 Å². The molecule has 0 amide bonds. The zero-order chi connectivity index (χ0) is 14.5. The van der Waals surface area contributed by atoms with Gasteiger partial charge in [0.1, 0.15) is 11.6 Å². The van der Waals surface area contributed by atoms with E-state index in [9.17, 15) is 9.18 Å². The van der Waals surface area contributed by atoms with Gasteiger partial charge >= 0.3 is 0 Å². The lowest BCUT2D eigenvalue weighted by atomic mass is 9.92.